The van der Waals surface area contributed by atoms with Gasteiger partial charge in [0.2, 0.25) is 0 Å². The van der Waals surface area contributed by atoms with E-state index in [4.69, 9.17) is 5.73 Å². The molecule has 0 atom stereocenters. The lowest BCUT2D eigenvalue weighted by Crippen LogP contribution is -2.18. The molecule has 0 aromatic heterocycles. The maximum Gasteiger partial charge on any atom is 0.123 e. The third-order valence-corrected chi connectivity index (χ3v) is 3.95. The lowest BCUT2D eigenvalue weighted by atomic mass is 9.77. The molecule has 0 unspecified atom stereocenters. The van der Waals surface area contributed by atoms with E-state index in [2.05, 4.69) is 47.6 Å². The molecule has 3 N–H and O–H groups in total. The Kier molecular flexibility index (Phi) is 5.10. The number of rotatable bonds is 2. The van der Waals surface area contributed by atoms with Crippen LogP contribution in [-0.4, -0.2) is 11.7 Å². The summed E-state index contributed by atoms with van der Waals surface area (Å²) in [7, 11) is 0. The van der Waals surface area contributed by atoms with Gasteiger partial charge in [-0.1, -0.05) is 41.5 Å². The van der Waals surface area contributed by atoms with Gasteiger partial charge in [-0.05, 0) is 41.0 Å². The van der Waals surface area contributed by atoms with Crippen molar-refractivity contribution >= 4 is 5.57 Å². The van der Waals surface area contributed by atoms with Gasteiger partial charge in [0, 0.05) is 23.2 Å². The van der Waals surface area contributed by atoms with Crippen LogP contribution in [-0.2, 0) is 10.8 Å². The number of benzene rings is 1. The van der Waals surface area contributed by atoms with Crippen molar-refractivity contribution in [3.63, 3.8) is 0 Å². The normalized spacial score (nSPS) is 13.6. The molecule has 0 saturated heterocycles. The number of nitrogens with zero attached hydrogens (tertiary/aromatic N) is 1. The first-order chi connectivity index (χ1) is 9.93. The predicted octanol–water partition coefficient (Wildman–Crippen LogP) is 4.24. The molecule has 22 heavy (non-hydrogen) atoms. The Morgan fingerprint density at radius 2 is 1.50 bits per heavy atom. The fraction of sp³-hybridized carbons (Fsp3) is 0.526. The van der Waals surface area contributed by atoms with Crippen LogP contribution >= 0.6 is 0 Å². The van der Waals surface area contributed by atoms with Crippen molar-refractivity contribution in [2.75, 3.05) is 6.54 Å². The maximum absolute atomic E-state index is 10.7. The minimum atomic E-state index is -0.185. The van der Waals surface area contributed by atoms with Crippen molar-refractivity contribution in [3.8, 4) is 11.8 Å². The monoisotopic (exact) mass is 300 g/mol. The average molecular weight is 300 g/mol. The van der Waals surface area contributed by atoms with Crippen molar-refractivity contribution in [2.45, 2.75) is 59.3 Å². The molecule has 0 radical (unpaired) electrons. The van der Waals surface area contributed by atoms with E-state index in [0.717, 1.165) is 22.3 Å². The first kappa shape index (κ1) is 18.3. The van der Waals surface area contributed by atoms with E-state index < -0.39 is 0 Å². The molecule has 0 aliphatic carbocycles. The Balaban J connectivity index is 3.78. The van der Waals surface area contributed by atoms with Gasteiger partial charge in [-0.15, -0.1) is 0 Å². The van der Waals surface area contributed by atoms with Gasteiger partial charge in [0.1, 0.15) is 5.75 Å². The van der Waals surface area contributed by atoms with Crippen LogP contribution in [0.1, 0.15) is 65.2 Å². The van der Waals surface area contributed by atoms with E-state index in [9.17, 15) is 10.4 Å². The van der Waals surface area contributed by atoms with E-state index in [1.54, 1.807) is 0 Å². The quantitative estimate of drug-likeness (QED) is 0.802. The molecule has 120 valence electrons. The van der Waals surface area contributed by atoms with Crippen LogP contribution in [0.25, 0.3) is 5.57 Å². The SMILES string of the molecule is C/C(=C(\C#N)CN)c1cc(C(C)(C)C)c(O)c(C(C)(C)C)c1. The second kappa shape index (κ2) is 6.14. The summed E-state index contributed by atoms with van der Waals surface area (Å²) >= 11 is 0. The molecule has 1 aromatic carbocycles. The third kappa shape index (κ3) is 3.69. The van der Waals surface area contributed by atoms with Gasteiger partial charge >= 0.3 is 0 Å². The lowest BCUT2D eigenvalue weighted by molar-refractivity contribution is 0.423. The standard InChI is InChI=1S/C19H28N2O/c1-12(14(10-20)11-21)13-8-15(18(2,3)4)17(22)16(9-13)19(5,6)7/h8-9,22H,10,20H2,1-7H3/b14-12+. The zero-order valence-electron chi connectivity index (χ0n) is 14.8. The largest absolute Gasteiger partial charge is 0.507 e. The molecule has 0 heterocycles. The van der Waals surface area contributed by atoms with Crippen LogP contribution in [0.2, 0.25) is 0 Å². The Morgan fingerprint density at radius 3 is 1.77 bits per heavy atom. The lowest BCUT2D eigenvalue weighted by Gasteiger charge is -2.28. The van der Waals surface area contributed by atoms with Crippen molar-refractivity contribution in [2.24, 2.45) is 5.73 Å². The van der Waals surface area contributed by atoms with Gasteiger partial charge in [-0.2, -0.15) is 5.26 Å². The van der Waals surface area contributed by atoms with Crippen LogP contribution in [0.3, 0.4) is 0 Å². The molecule has 0 saturated carbocycles. The maximum atomic E-state index is 10.7. The van der Waals surface area contributed by atoms with Crippen LogP contribution < -0.4 is 5.73 Å². The minimum absolute atomic E-state index is 0.185. The molecule has 0 amide bonds. The fourth-order valence-corrected chi connectivity index (χ4v) is 2.45. The van der Waals surface area contributed by atoms with Crippen LogP contribution in [0, 0.1) is 11.3 Å². The summed E-state index contributed by atoms with van der Waals surface area (Å²) in [5.74, 6) is 0.350. The molecule has 0 spiro atoms. The first-order valence-electron chi connectivity index (χ1n) is 7.61. The summed E-state index contributed by atoms with van der Waals surface area (Å²) in [5.41, 5.74) is 9.49. The van der Waals surface area contributed by atoms with E-state index in [1.807, 2.05) is 19.1 Å². The van der Waals surface area contributed by atoms with Gasteiger partial charge < -0.3 is 10.8 Å². The van der Waals surface area contributed by atoms with Gasteiger partial charge in [-0.25, -0.2) is 0 Å². The Labute approximate surface area is 134 Å². The van der Waals surface area contributed by atoms with Crippen LogP contribution in [0.15, 0.2) is 17.7 Å². The molecule has 1 rings (SSSR count). The predicted molar refractivity (Wildman–Crippen MR) is 92.8 cm³/mol. The Morgan fingerprint density at radius 1 is 1.09 bits per heavy atom. The molecule has 0 aliphatic rings. The third-order valence-electron chi connectivity index (χ3n) is 3.95. The molecule has 0 fully saturated rings. The zero-order chi connectivity index (χ0) is 17.3. The first-order valence-corrected chi connectivity index (χ1v) is 7.61. The highest BCUT2D eigenvalue weighted by atomic mass is 16.3. The van der Waals surface area contributed by atoms with E-state index in [0.29, 0.717) is 11.3 Å². The summed E-state index contributed by atoms with van der Waals surface area (Å²) in [6, 6.07) is 6.13. The summed E-state index contributed by atoms with van der Waals surface area (Å²) in [6.07, 6.45) is 0. The van der Waals surface area contributed by atoms with Crippen molar-refractivity contribution in [1.29, 1.82) is 5.26 Å². The number of nitriles is 1. The van der Waals surface area contributed by atoms with Gasteiger partial charge in [-0.3, -0.25) is 0 Å². The summed E-state index contributed by atoms with van der Waals surface area (Å²) in [5, 5.41) is 19.9. The van der Waals surface area contributed by atoms with Crippen molar-refractivity contribution in [1.82, 2.24) is 0 Å². The summed E-state index contributed by atoms with van der Waals surface area (Å²) in [4.78, 5) is 0. The molecule has 0 bridgehead atoms. The molecule has 3 heteroatoms. The zero-order valence-corrected chi connectivity index (χ0v) is 14.8. The average Bonchev–Trinajstić information content (AvgIpc) is 2.37. The van der Waals surface area contributed by atoms with Crippen LogP contribution in [0.5, 0.6) is 5.75 Å². The van der Waals surface area contributed by atoms with Gasteiger partial charge in [0.05, 0.1) is 6.07 Å². The van der Waals surface area contributed by atoms with E-state index in [1.165, 1.54) is 0 Å². The fourth-order valence-electron chi connectivity index (χ4n) is 2.45. The van der Waals surface area contributed by atoms with Crippen molar-refractivity contribution in [3.05, 3.63) is 34.4 Å². The highest BCUT2D eigenvalue weighted by Crippen LogP contribution is 2.41. The second-order valence-electron chi connectivity index (χ2n) is 7.84. The van der Waals surface area contributed by atoms with Crippen LogP contribution in [0.4, 0.5) is 0 Å². The number of nitrogens with two attached hydrogens (primary N) is 1. The second-order valence-corrected chi connectivity index (χ2v) is 7.84. The molecule has 1 aromatic rings. The summed E-state index contributed by atoms with van der Waals surface area (Å²) < 4.78 is 0. The summed E-state index contributed by atoms with van der Waals surface area (Å²) in [6.45, 7) is 14.6. The topological polar surface area (TPSA) is 70.0 Å². The smallest absolute Gasteiger partial charge is 0.123 e. The Hall–Kier alpha value is -1.79. The molecular formula is C19H28N2O. The van der Waals surface area contributed by atoms with Gasteiger partial charge in [0.15, 0.2) is 0 Å². The number of allylic oxidation sites excluding steroid dienone is 1. The van der Waals surface area contributed by atoms with E-state index in [-0.39, 0.29) is 17.4 Å². The van der Waals surface area contributed by atoms with Gasteiger partial charge in [0.25, 0.3) is 0 Å². The molecular weight excluding hydrogens is 272 g/mol. The highest BCUT2D eigenvalue weighted by Gasteiger charge is 2.27. The van der Waals surface area contributed by atoms with E-state index >= 15 is 0 Å². The Bertz CT molecular complexity index is 600. The molecule has 3 nitrogen and oxygen atoms in total. The highest BCUT2D eigenvalue weighted by molar-refractivity contribution is 5.73. The number of hydrogen-bond acceptors (Lipinski definition) is 3. The number of phenolic OH excluding ortho intramolecular Hbond substituents is 1. The van der Waals surface area contributed by atoms with Crippen molar-refractivity contribution < 1.29 is 5.11 Å². The molecule has 0 aliphatic heterocycles. The number of aromatic hydroxyl groups is 1. The minimum Gasteiger partial charge on any atom is -0.507 e. The number of phenols is 1. The number of hydrogen-bond donors (Lipinski definition) is 2.